The zero-order chi connectivity index (χ0) is 20.8. The minimum Gasteiger partial charge on any atom is -0.267 e. The summed E-state index contributed by atoms with van der Waals surface area (Å²) < 4.78 is 66.0. The van der Waals surface area contributed by atoms with Crippen LogP contribution in [-0.4, -0.2) is 41.6 Å². The van der Waals surface area contributed by atoms with Gasteiger partial charge in [0.25, 0.3) is 15.6 Å². The first-order chi connectivity index (χ1) is 13.7. The van der Waals surface area contributed by atoms with Gasteiger partial charge in [0.15, 0.2) is 0 Å². The van der Waals surface area contributed by atoms with Crippen LogP contribution in [0.4, 0.5) is 13.2 Å². The number of fused-ring (bicyclic) bond motifs is 1. The van der Waals surface area contributed by atoms with Gasteiger partial charge >= 0.3 is 6.18 Å². The Morgan fingerprint density at radius 2 is 1.69 bits per heavy atom. The number of benzene rings is 2. The fourth-order valence-electron chi connectivity index (χ4n) is 3.00. The van der Waals surface area contributed by atoms with Crippen molar-refractivity contribution in [2.24, 2.45) is 4.99 Å². The Morgan fingerprint density at radius 3 is 2.38 bits per heavy atom. The Hall–Kier alpha value is -3.21. The highest BCUT2D eigenvalue weighted by atomic mass is 32.2. The molecule has 0 N–H and O–H groups in total. The summed E-state index contributed by atoms with van der Waals surface area (Å²) in [5.41, 5.74) is -1.50. The van der Waals surface area contributed by atoms with E-state index >= 15 is 0 Å². The zero-order valence-corrected chi connectivity index (χ0v) is 15.5. The molecule has 1 aliphatic rings. The highest BCUT2D eigenvalue weighted by Crippen LogP contribution is 2.30. The van der Waals surface area contributed by atoms with Crippen molar-refractivity contribution in [1.82, 2.24) is 14.1 Å². The molecule has 0 atom stereocenters. The number of aromatic nitrogens is 2. The Morgan fingerprint density at radius 1 is 1.00 bits per heavy atom. The quantitative estimate of drug-likeness (QED) is 0.635. The number of sulfonamides is 1. The first kappa shape index (κ1) is 19.1. The smallest absolute Gasteiger partial charge is 0.267 e. The number of aliphatic imine (C=N–C) groups is 1. The van der Waals surface area contributed by atoms with E-state index in [1.807, 2.05) is 0 Å². The summed E-state index contributed by atoms with van der Waals surface area (Å²) in [6, 6.07) is 9.83. The molecule has 1 aliphatic heterocycles. The second kappa shape index (κ2) is 6.69. The molecule has 0 spiro atoms. The molecule has 2 aromatic carbocycles. The first-order valence-electron chi connectivity index (χ1n) is 8.41. The van der Waals surface area contributed by atoms with Crippen molar-refractivity contribution < 1.29 is 21.6 Å². The van der Waals surface area contributed by atoms with Gasteiger partial charge in [0, 0.05) is 5.39 Å². The van der Waals surface area contributed by atoms with Gasteiger partial charge in [-0.05, 0) is 30.3 Å². The van der Waals surface area contributed by atoms with Gasteiger partial charge in [-0.25, -0.2) is 17.7 Å². The number of halogens is 3. The van der Waals surface area contributed by atoms with E-state index in [4.69, 9.17) is 0 Å². The Labute approximate surface area is 162 Å². The normalized spacial score (nSPS) is 15.0. The largest absolute Gasteiger partial charge is 0.416 e. The van der Waals surface area contributed by atoms with Crippen molar-refractivity contribution in [1.29, 1.82) is 0 Å². The van der Waals surface area contributed by atoms with Crippen molar-refractivity contribution in [3.8, 4) is 0 Å². The van der Waals surface area contributed by atoms with E-state index in [0.717, 1.165) is 21.1 Å². The molecular formula is C18H13F3N4O3S. The van der Waals surface area contributed by atoms with Crippen LogP contribution in [0.1, 0.15) is 5.56 Å². The van der Waals surface area contributed by atoms with Gasteiger partial charge < -0.3 is 0 Å². The van der Waals surface area contributed by atoms with Crippen LogP contribution in [-0.2, 0) is 16.2 Å². The lowest BCUT2D eigenvalue weighted by Gasteiger charge is -2.20. The van der Waals surface area contributed by atoms with E-state index in [0.29, 0.717) is 22.9 Å². The molecule has 0 bridgehead atoms. The first-order valence-corrected chi connectivity index (χ1v) is 9.85. The van der Waals surface area contributed by atoms with E-state index in [-0.39, 0.29) is 23.9 Å². The summed E-state index contributed by atoms with van der Waals surface area (Å²) in [4.78, 5) is 16.5. The lowest BCUT2D eigenvalue weighted by Crippen LogP contribution is -2.43. The predicted octanol–water partition coefficient (Wildman–Crippen LogP) is 2.32. The van der Waals surface area contributed by atoms with Crippen molar-refractivity contribution in [3.63, 3.8) is 0 Å². The Bertz CT molecular complexity index is 1280. The molecular weight excluding hydrogens is 409 g/mol. The van der Waals surface area contributed by atoms with Gasteiger partial charge in [-0.3, -0.25) is 4.79 Å². The fraction of sp³-hybridized carbons (Fsp3) is 0.167. The molecule has 0 saturated heterocycles. The number of hydrogen-bond donors (Lipinski definition) is 0. The van der Waals surface area contributed by atoms with Crippen molar-refractivity contribution in [3.05, 3.63) is 70.6 Å². The summed E-state index contributed by atoms with van der Waals surface area (Å²) in [6.45, 7) is 0.0375. The van der Waals surface area contributed by atoms with Crippen LogP contribution in [0.2, 0.25) is 0 Å². The molecule has 0 unspecified atom stereocenters. The predicted molar refractivity (Wildman–Crippen MR) is 99.0 cm³/mol. The van der Waals surface area contributed by atoms with Crippen LogP contribution in [0.25, 0.3) is 10.8 Å². The van der Waals surface area contributed by atoms with Crippen molar-refractivity contribution in [2.45, 2.75) is 11.1 Å². The highest BCUT2D eigenvalue weighted by molar-refractivity contribution is 7.89. The van der Waals surface area contributed by atoms with Gasteiger partial charge in [0.05, 0.1) is 35.1 Å². The second-order valence-corrected chi connectivity index (χ2v) is 8.09. The topological polar surface area (TPSA) is 84.6 Å². The van der Waals surface area contributed by atoms with E-state index in [1.54, 1.807) is 24.3 Å². The lowest BCUT2D eigenvalue weighted by atomic mass is 10.2. The van der Waals surface area contributed by atoms with Crippen molar-refractivity contribution in [2.75, 3.05) is 13.1 Å². The van der Waals surface area contributed by atoms with Crippen LogP contribution < -0.4 is 5.56 Å². The zero-order valence-electron chi connectivity index (χ0n) is 14.7. The molecule has 3 aromatic rings. The maximum Gasteiger partial charge on any atom is 0.416 e. The molecule has 0 radical (unpaired) electrons. The number of rotatable bonds is 2. The van der Waals surface area contributed by atoms with Gasteiger partial charge in [-0.2, -0.15) is 23.0 Å². The van der Waals surface area contributed by atoms with E-state index in [1.165, 1.54) is 6.20 Å². The number of nitrogens with zero attached hydrogens (tertiary/aromatic N) is 4. The summed E-state index contributed by atoms with van der Waals surface area (Å²) in [5.74, 6) is -0.194. The third kappa shape index (κ3) is 3.27. The molecule has 11 heteroatoms. The monoisotopic (exact) mass is 422 g/mol. The average molecular weight is 422 g/mol. The van der Waals surface area contributed by atoms with Crippen molar-refractivity contribution >= 4 is 26.8 Å². The maximum absolute atomic E-state index is 13.0. The van der Waals surface area contributed by atoms with Gasteiger partial charge in [0.1, 0.15) is 0 Å². The second-order valence-electron chi connectivity index (χ2n) is 6.23. The maximum atomic E-state index is 13.0. The summed E-state index contributed by atoms with van der Waals surface area (Å²) in [7, 11) is -4.23. The van der Waals surface area contributed by atoms with E-state index < -0.39 is 27.3 Å². The molecule has 7 nitrogen and oxygen atoms in total. The number of hydrogen-bond acceptors (Lipinski definition) is 5. The molecule has 0 saturated carbocycles. The third-order valence-corrected chi connectivity index (χ3v) is 6.23. The highest BCUT2D eigenvalue weighted by Gasteiger charge is 2.35. The van der Waals surface area contributed by atoms with Gasteiger partial charge in [-0.1, -0.05) is 18.2 Å². The fourth-order valence-corrected chi connectivity index (χ4v) is 4.40. The summed E-state index contributed by atoms with van der Waals surface area (Å²) in [6.07, 6.45) is -3.16. The van der Waals surface area contributed by atoms with E-state index in [9.17, 15) is 26.4 Å². The lowest BCUT2D eigenvalue weighted by molar-refractivity contribution is -0.137. The molecule has 29 heavy (non-hydrogen) atoms. The molecule has 0 amide bonds. The minimum atomic E-state index is -4.58. The van der Waals surface area contributed by atoms with E-state index in [2.05, 4.69) is 10.1 Å². The van der Waals surface area contributed by atoms with Crippen LogP contribution in [0, 0.1) is 0 Å². The Kier molecular flexibility index (Phi) is 4.41. The van der Waals surface area contributed by atoms with Gasteiger partial charge in [0.2, 0.25) is 5.96 Å². The summed E-state index contributed by atoms with van der Waals surface area (Å²) in [5, 5.41) is 4.94. The number of alkyl halides is 3. The standard InChI is InChI=1S/C18H13F3N4O3S/c19-18(20,21)13-5-7-14(8-6-13)29(27,28)24-10-9-22-17(24)25-16(26)15-4-2-1-3-12(15)11-23-25/h1-8,11H,9-10H2. The molecule has 150 valence electrons. The van der Waals surface area contributed by atoms with Crippen LogP contribution in [0.5, 0.6) is 0 Å². The minimum absolute atomic E-state index is 0.0559. The molecule has 0 aliphatic carbocycles. The van der Waals surface area contributed by atoms with Gasteiger partial charge in [-0.15, -0.1) is 0 Å². The average Bonchev–Trinajstić information content (AvgIpc) is 3.18. The Balaban J connectivity index is 1.75. The molecule has 2 heterocycles. The molecule has 0 fully saturated rings. The summed E-state index contributed by atoms with van der Waals surface area (Å²) >= 11 is 0. The van der Waals surface area contributed by atoms with Crippen LogP contribution >= 0.6 is 0 Å². The molecule has 1 aromatic heterocycles. The van der Waals surface area contributed by atoms with Crippen LogP contribution in [0.3, 0.4) is 0 Å². The SMILES string of the molecule is O=c1c2ccccc2cnn1C1=NCCN1S(=O)(=O)c1ccc(C(F)(F)F)cc1. The third-order valence-electron chi connectivity index (χ3n) is 4.43. The van der Waals surface area contributed by atoms with Crippen LogP contribution in [0.15, 0.2) is 69.4 Å². The molecule has 4 rings (SSSR count).